The summed E-state index contributed by atoms with van der Waals surface area (Å²) in [6.45, 7) is 1.61. The third kappa shape index (κ3) is 3.46. The van der Waals surface area contributed by atoms with Gasteiger partial charge in [-0.3, -0.25) is 4.79 Å². The highest BCUT2D eigenvalue weighted by Gasteiger charge is 2.25. The van der Waals surface area contributed by atoms with E-state index < -0.39 is 0 Å². The maximum absolute atomic E-state index is 11.6. The van der Waals surface area contributed by atoms with Gasteiger partial charge < -0.3 is 9.64 Å². The fourth-order valence-corrected chi connectivity index (χ4v) is 1.86. The van der Waals surface area contributed by atoms with Crippen LogP contribution in [0.15, 0.2) is 0 Å². The molecule has 0 spiro atoms. The number of likely N-dealkylation sites (tertiary alicyclic amines) is 1. The van der Waals surface area contributed by atoms with Crippen LogP contribution in [0.3, 0.4) is 0 Å². The van der Waals surface area contributed by atoms with E-state index in [0.717, 1.165) is 32.4 Å². The molecule has 0 N–H and O–H groups in total. The predicted octanol–water partition coefficient (Wildman–Crippen LogP) is 1.64. The van der Waals surface area contributed by atoms with Gasteiger partial charge in [-0.25, -0.2) is 0 Å². The number of alkyl halides is 1. The summed E-state index contributed by atoms with van der Waals surface area (Å²) in [7, 11) is 1.70. The maximum atomic E-state index is 11.6. The first-order valence-electron chi connectivity index (χ1n) is 5.14. The molecule has 0 aromatic heterocycles. The molecule has 0 aliphatic carbocycles. The first kappa shape index (κ1) is 11.8. The first-order chi connectivity index (χ1) is 6.77. The molecule has 1 saturated heterocycles. The summed E-state index contributed by atoms with van der Waals surface area (Å²) >= 11 is 5.55. The van der Waals surface area contributed by atoms with E-state index in [1.54, 1.807) is 7.11 Å². The zero-order valence-electron chi connectivity index (χ0n) is 8.67. The van der Waals surface area contributed by atoms with Crippen molar-refractivity contribution in [1.29, 1.82) is 0 Å². The largest absolute Gasteiger partial charge is 0.380 e. The summed E-state index contributed by atoms with van der Waals surface area (Å²) in [5.74, 6) is 0.892. The summed E-state index contributed by atoms with van der Waals surface area (Å²) in [5, 5.41) is 0. The van der Waals surface area contributed by atoms with Crippen molar-refractivity contribution in [2.24, 2.45) is 0 Å². The number of hydrogen-bond acceptors (Lipinski definition) is 2. The van der Waals surface area contributed by atoms with E-state index in [9.17, 15) is 4.79 Å². The van der Waals surface area contributed by atoms with Crippen molar-refractivity contribution in [2.45, 2.75) is 31.8 Å². The molecule has 1 fully saturated rings. The second-order valence-corrected chi connectivity index (χ2v) is 4.01. The Kier molecular flexibility index (Phi) is 5.26. The van der Waals surface area contributed by atoms with Crippen LogP contribution in [-0.2, 0) is 9.53 Å². The number of unbranched alkanes of at least 4 members (excludes halogenated alkanes) is 1. The average Bonchev–Trinajstić information content (AvgIpc) is 2.66. The average molecular weight is 220 g/mol. The Balaban J connectivity index is 2.18. The third-order valence-corrected chi connectivity index (χ3v) is 2.87. The molecule has 0 aromatic carbocycles. The van der Waals surface area contributed by atoms with Crippen LogP contribution in [0.25, 0.3) is 0 Å². The SMILES string of the molecule is COC1CCN(C(=O)CCCCCl)C1. The van der Waals surface area contributed by atoms with E-state index in [0.29, 0.717) is 12.3 Å². The fourth-order valence-electron chi connectivity index (χ4n) is 1.68. The summed E-state index contributed by atoms with van der Waals surface area (Å²) in [4.78, 5) is 13.5. The molecule has 0 aromatic rings. The van der Waals surface area contributed by atoms with Crippen molar-refractivity contribution in [1.82, 2.24) is 4.90 Å². The van der Waals surface area contributed by atoms with Gasteiger partial charge in [-0.05, 0) is 19.3 Å². The topological polar surface area (TPSA) is 29.5 Å². The Hall–Kier alpha value is -0.280. The smallest absolute Gasteiger partial charge is 0.222 e. The molecule has 1 aliphatic rings. The Labute approximate surface area is 90.4 Å². The zero-order valence-corrected chi connectivity index (χ0v) is 9.42. The number of carbonyl (C=O) groups excluding carboxylic acids is 1. The molecule has 1 amide bonds. The van der Waals surface area contributed by atoms with E-state index in [1.807, 2.05) is 4.90 Å². The van der Waals surface area contributed by atoms with Crippen LogP contribution >= 0.6 is 11.6 Å². The summed E-state index contributed by atoms with van der Waals surface area (Å²) in [6, 6.07) is 0. The van der Waals surface area contributed by atoms with Crippen LogP contribution in [-0.4, -0.2) is 43.0 Å². The number of ether oxygens (including phenoxy) is 1. The van der Waals surface area contributed by atoms with Gasteiger partial charge in [-0.15, -0.1) is 11.6 Å². The van der Waals surface area contributed by atoms with Gasteiger partial charge in [0.05, 0.1) is 6.10 Å². The van der Waals surface area contributed by atoms with Gasteiger partial charge in [0.1, 0.15) is 0 Å². The van der Waals surface area contributed by atoms with Crippen molar-refractivity contribution in [3.63, 3.8) is 0 Å². The molecule has 4 heteroatoms. The summed E-state index contributed by atoms with van der Waals surface area (Å²) in [6.07, 6.45) is 3.67. The quantitative estimate of drug-likeness (QED) is 0.520. The van der Waals surface area contributed by atoms with Gasteiger partial charge in [0.25, 0.3) is 0 Å². The van der Waals surface area contributed by atoms with Crippen LogP contribution < -0.4 is 0 Å². The van der Waals surface area contributed by atoms with Gasteiger partial charge in [-0.2, -0.15) is 0 Å². The Morgan fingerprint density at radius 2 is 2.36 bits per heavy atom. The number of hydrogen-bond donors (Lipinski definition) is 0. The minimum absolute atomic E-state index is 0.243. The van der Waals surface area contributed by atoms with E-state index in [-0.39, 0.29) is 12.0 Å². The number of halogens is 1. The minimum atomic E-state index is 0.243. The highest BCUT2D eigenvalue weighted by Crippen LogP contribution is 2.13. The first-order valence-corrected chi connectivity index (χ1v) is 5.68. The molecule has 3 nitrogen and oxygen atoms in total. The Morgan fingerprint density at radius 1 is 1.57 bits per heavy atom. The highest BCUT2D eigenvalue weighted by atomic mass is 35.5. The molecule has 1 aliphatic heterocycles. The monoisotopic (exact) mass is 219 g/mol. The molecule has 0 saturated carbocycles. The van der Waals surface area contributed by atoms with Crippen LogP contribution in [0.4, 0.5) is 0 Å². The van der Waals surface area contributed by atoms with Crippen molar-refractivity contribution in [3.8, 4) is 0 Å². The lowest BCUT2D eigenvalue weighted by molar-refractivity contribution is -0.130. The summed E-state index contributed by atoms with van der Waals surface area (Å²) in [5.41, 5.74) is 0. The van der Waals surface area contributed by atoms with Gasteiger partial charge in [0, 0.05) is 32.5 Å². The van der Waals surface area contributed by atoms with E-state index in [2.05, 4.69) is 0 Å². The number of nitrogens with zero attached hydrogens (tertiary/aromatic N) is 1. The van der Waals surface area contributed by atoms with E-state index in [4.69, 9.17) is 16.3 Å². The van der Waals surface area contributed by atoms with E-state index >= 15 is 0 Å². The second-order valence-electron chi connectivity index (χ2n) is 3.63. The molecule has 1 unspecified atom stereocenters. The fraction of sp³-hybridized carbons (Fsp3) is 0.900. The molecule has 0 radical (unpaired) electrons. The lowest BCUT2D eigenvalue weighted by Gasteiger charge is -2.15. The van der Waals surface area contributed by atoms with Crippen LogP contribution in [0.1, 0.15) is 25.7 Å². The maximum Gasteiger partial charge on any atom is 0.222 e. The zero-order chi connectivity index (χ0) is 10.4. The van der Waals surface area contributed by atoms with Crippen molar-refractivity contribution < 1.29 is 9.53 Å². The molecule has 1 atom stereocenters. The molecule has 14 heavy (non-hydrogen) atoms. The van der Waals surface area contributed by atoms with Gasteiger partial charge in [-0.1, -0.05) is 0 Å². The van der Waals surface area contributed by atoms with Crippen LogP contribution in [0.2, 0.25) is 0 Å². The third-order valence-electron chi connectivity index (χ3n) is 2.61. The van der Waals surface area contributed by atoms with Crippen LogP contribution in [0.5, 0.6) is 0 Å². The lowest BCUT2D eigenvalue weighted by Crippen LogP contribution is -2.29. The molecule has 82 valence electrons. The van der Waals surface area contributed by atoms with Crippen molar-refractivity contribution >= 4 is 17.5 Å². The van der Waals surface area contributed by atoms with Crippen LogP contribution in [0, 0.1) is 0 Å². The number of methoxy groups -OCH3 is 1. The Bertz CT molecular complexity index is 187. The molecule has 1 heterocycles. The van der Waals surface area contributed by atoms with Crippen molar-refractivity contribution in [2.75, 3.05) is 26.1 Å². The Morgan fingerprint density at radius 3 is 2.93 bits per heavy atom. The number of carbonyl (C=O) groups is 1. The number of amides is 1. The standard InChI is InChI=1S/C10H18ClNO2/c1-14-9-5-7-12(8-9)10(13)4-2-3-6-11/h9H,2-8H2,1H3. The molecule has 1 rings (SSSR count). The molecular formula is C10H18ClNO2. The summed E-state index contributed by atoms with van der Waals surface area (Å²) < 4.78 is 5.20. The normalized spacial score (nSPS) is 21.6. The van der Waals surface area contributed by atoms with Gasteiger partial charge in [0.2, 0.25) is 5.91 Å². The number of rotatable bonds is 5. The molecular weight excluding hydrogens is 202 g/mol. The lowest BCUT2D eigenvalue weighted by atomic mass is 10.2. The minimum Gasteiger partial charge on any atom is -0.380 e. The van der Waals surface area contributed by atoms with Gasteiger partial charge >= 0.3 is 0 Å². The van der Waals surface area contributed by atoms with Gasteiger partial charge in [0.15, 0.2) is 0 Å². The highest BCUT2D eigenvalue weighted by molar-refractivity contribution is 6.17. The second kappa shape index (κ2) is 6.25. The molecule has 0 bridgehead atoms. The van der Waals surface area contributed by atoms with Crippen molar-refractivity contribution in [3.05, 3.63) is 0 Å². The van der Waals surface area contributed by atoms with E-state index in [1.165, 1.54) is 0 Å². The predicted molar refractivity (Wildman–Crippen MR) is 56.6 cm³/mol.